The van der Waals surface area contributed by atoms with Crippen molar-refractivity contribution in [3.63, 3.8) is 0 Å². The van der Waals surface area contributed by atoms with Crippen LogP contribution in [0.5, 0.6) is 0 Å². The molecule has 0 unspecified atom stereocenters. The van der Waals surface area contributed by atoms with Crippen LogP contribution in [0.1, 0.15) is 25.3 Å². The van der Waals surface area contributed by atoms with Crippen LogP contribution in [0.25, 0.3) is 0 Å². The first-order valence-corrected chi connectivity index (χ1v) is 7.51. The first kappa shape index (κ1) is 16.1. The van der Waals surface area contributed by atoms with Crippen LogP contribution in [-0.2, 0) is 9.53 Å². The van der Waals surface area contributed by atoms with Gasteiger partial charge in [-0.1, -0.05) is 0 Å². The molecule has 1 atom stereocenters. The fourth-order valence-corrected chi connectivity index (χ4v) is 2.75. The van der Waals surface area contributed by atoms with E-state index in [0.717, 1.165) is 6.42 Å². The molecule has 0 aromatic heterocycles. The highest BCUT2D eigenvalue weighted by atomic mass is 127. The predicted molar refractivity (Wildman–Crippen MR) is 83.0 cm³/mol. The van der Waals surface area contributed by atoms with E-state index in [0.29, 0.717) is 13.0 Å². The summed E-state index contributed by atoms with van der Waals surface area (Å²) in [6.45, 7) is 2.30. The summed E-state index contributed by atoms with van der Waals surface area (Å²) in [6, 6.07) is 2.93. The van der Waals surface area contributed by atoms with Gasteiger partial charge in [-0.05, 0) is 54.5 Å². The third-order valence-corrected chi connectivity index (χ3v) is 4.46. The van der Waals surface area contributed by atoms with Gasteiger partial charge < -0.3 is 4.74 Å². The molecule has 1 fully saturated rings. The molecule has 0 aliphatic carbocycles. The molecule has 0 N–H and O–H groups in total. The van der Waals surface area contributed by atoms with E-state index in [1.54, 1.807) is 34.5 Å². The van der Waals surface area contributed by atoms with Crippen LogP contribution in [-0.4, -0.2) is 36.4 Å². The second-order valence-electron chi connectivity index (χ2n) is 5.00. The number of hydrazone groups is 1. The summed E-state index contributed by atoms with van der Waals surface area (Å²) in [4.78, 5) is 11.9. The van der Waals surface area contributed by atoms with Crippen molar-refractivity contribution in [2.45, 2.75) is 25.3 Å². The lowest BCUT2D eigenvalue weighted by molar-refractivity contribution is -0.152. The van der Waals surface area contributed by atoms with Crippen molar-refractivity contribution < 1.29 is 18.3 Å². The molecule has 7 heteroatoms. The summed E-state index contributed by atoms with van der Waals surface area (Å²) in [7, 11) is 1.32. The second-order valence-corrected chi connectivity index (χ2v) is 6.16. The molecule has 1 aromatic rings. The second kappa shape index (κ2) is 6.25. The third-order valence-electron chi connectivity index (χ3n) is 3.63. The molecule has 0 spiro atoms. The molecular formula is C14H15F2IN2O2. The van der Waals surface area contributed by atoms with Gasteiger partial charge in [0.2, 0.25) is 0 Å². The van der Waals surface area contributed by atoms with Crippen molar-refractivity contribution in [2.24, 2.45) is 5.10 Å². The monoisotopic (exact) mass is 408 g/mol. The van der Waals surface area contributed by atoms with Crippen LogP contribution in [0.4, 0.5) is 8.78 Å². The van der Waals surface area contributed by atoms with Crippen molar-refractivity contribution in [3.8, 4) is 0 Å². The molecule has 0 radical (unpaired) electrons. The Morgan fingerprint density at radius 3 is 2.86 bits per heavy atom. The Balaban J connectivity index is 2.25. The molecule has 1 aliphatic heterocycles. The number of methoxy groups -OCH3 is 1. The number of nitrogens with zero attached hydrogens (tertiary/aromatic N) is 2. The van der Waals surface area contributed by atoms with E-state index in [1.165, 1.54) is 25.5 Å². The first-order chi connectivity index (χ1) is 9.90. The van der Waals surface area contributed by atoms with E-state index < -0.39 is 17.2 Å². The SMILES string of the molecule is COC(=O)[C@@]1(C)CCCN1/N=C/c1ccc(I)c(F)c1F. The lowest BCUT2D eigenvalue weighted by atomic mass is 10.0. The molecule has 4 nitrogen and oxygen atoms in total. The fourth-order valence-electron chi connectivity index (χ4n) is 2.33. The topological polar surface area (TPSA) is 41.9 Å². The maximum absolute atomic E-state index is 13.8. The molecule has 0 amide bonds. The molecule has 114 valence electrons. The largest absolute Gasteiger partial charge is 0.467 e. The average Bonchev–Trinajstić information content (AvgIpc) is 2.85. The number of hydrogen-bond donors (Lipinski definition) is 0. The minimum absolute atomic E-state index is 0.0482. The van der Waals surface area contributed by atoms with Gasteiger partial charge in [-0.15, -0.1) is 0 Å². The zero-order chi connectivity index (χ0) is 15.6. The summed E-state index contributed by atoms with van der Waals surface area (Å²) in [5.74, 6) is -2.22. The summed E-state index contributed by atoms with van der Waals surface area (Å²) >= 11 is 1.72. The Morgan fingerprint density at radius 1 is 1.48 bits per heavy atom. The number of benzene rings is 1. The molecule has 21 heavy (non-hydrogen) atoms. The lowest BCUT2D eigenvalue weighted by Gasteiger charge is -2.29. The van der Waals surface area contributed by atoms with Crippen molar-refractivity contribution in [1.29, 1.82) is 0 Å². The Bertz CT molecular complexity index is 595. The van der Waals surface area contributed by atoms with E-state index in [4.69, 9.17) is 4.74 Å². The van der Waals surface area contributed by atoms with Gasteiger partial charge in [-0.3, -0.25) is 5.01 Å². The van der Waals surface area contributed by atoms with Crippen LogP contribution >= 0.6 is 22.6 Å². The molecular weight excluding hydrogens is 393 g/mol. The minimum Gasteiger partial charge on any atom is -0.467 e. The highest BCUT2D eigenvalue weighted by Gasteiger charge is 2.44. The van der Waals surface area contributed by atoms with Gasteiger partial charge in [-0.2, -0.15) is 5.10 Å². The number of halogens is 3. The zero-order valence-corrected chi connectivity index (χ0v) is 13.9. The van der Waals surface area contributed by atoms with Gasteiger partial charge in [0.25, 0.3) is 0 Å². The normalized spacial score (nSPS) is 22.0. The van der Waals surface area contributed by atoms with Crippen molar-refractivity contribution in [1.82, 2.24) is 5.01 Å². The van der Waals surface area contributed by atoms with Crippen LogP contribution in [0.2, 0.25) is 0 Å². The van der Waals surface area contributed by atoms with E-state index in [2.05, 4.69) is 5.10 Å². The van der Waals surface area contributed by atoms with E-state index in [9.17, 15) is 13.6 Å². The summed E-state index contributed by atoms with van der Waals surface area (Å²) in [5.41, 5.74) is -0.809. The first-order valence-electron chi connectivity index (χ1n) is 6.43. The molecule has 1 heterocycles. The average molecular weight is 408 g/mol. The number of carbonyl (C=O) groups is 1. The fraction of sp³-hybridized carbons (Fsp3) is 0.429. The van der Waals surface area contributed by atoms with Crippen molar-refractivity contribution >= 4 is 34.8 Å². The number of esters is 1. The van der Waals surface area contributed by atoms with Crippen molar-refractivity contribution in [3.05, 3.63) is 32.9 Å². The maximum Gasteiger partial charge on any atom is 0.333 e. The molecule has 1 aliphatic rings. The Morgan fingerprint density at radius 2 is 2.19 bits per heavy atom. The zero-order valence-electron chi connectivity index (χ0n) is 11.7. The van der Waals surface area contributed by atoms with Crippen LogP contribution in [0, 0.1) is 15.2 Å². The quantitative estimate of drug-likeness (QED) is 0.334. The van der Waals surface area contributed by atoms with E-state index >= 15 is 0 Å². The van der Waals surface area contributed by atoms with Gasteiger partial charge in [0, 0.05) is 12.1 Å². The van der Waals surface area contributed by atoms with Gasteiger partial charge in [0.05, 0.1) is 16.9 Å². The summed E-state index contributed by atoms with van der Waals surface area (Å²) in [5, 5.41) is 5.71. The standard InChI is InChI=1S/C14H15F2IN2O2/c1-14(13(20)21-2)6-3-7-19(14)18-8-9-4-5-10(17)12(16)11(9)15/h4-5,8H,3,6-7H2,1-2H3/b18-8+/t14-/m1/s1. The van der Waals surface area contributed by atoms with Gasteiger partial charge in [0.15, 0.2) is 17.2 Å². The van der Waals surface area contributed by atoms with Gasteiger partial charge >= 0.3 is 5.97 Å². The number of ether oxygens (including phenoxy) is 1. The number of rotatable bonds is 3. The van der Waals surface area contributed by atoms with Crippen LogP contribution < -0.4 is 0 Å². The summed E-state index contributed by atoms with van der Waals surface area (Å²) in [6.07, 6.45) is 2.63. The number of carbonyl (C=O) groups excluding carboxylic acids is 1. The molecule has 1 aromatic carbocycles. The maximum atomic E-state index is 13.8. The smallest absolute Gasteiger partial charge is 0.333 e. The number of hydrogen-bond acceptors (Lipinski definition) is 4. The van der Waals surface area contributed by atoms with Gasteiger partial charge in [0.1, 0.15) is 0 Å². The van der Waals surface area contributed by atoms with Crippen molar-refractivity contribution in [2.75, 3.05) is 13.7 Å². The van der Waals surface area contributed by atoms with Gasteiger partial charge in [-0.25, -0.2) is 13.6 Å². The Labute approximate surface area is 135 Å². The molecule has 2 rings (SSSR count). The highest BCUT2D eigenvalue weighted by Crippen LogP contribution is 2.30. The highest BCUT2D eigenvalue weighted by molar-refractivity contribution is 14.1. The van der Waals surface area contributed by atoms with Crippen LogP contribution in [0.15, 0.2) is 17.2 Å². The van der Waals surface area contributed by atoms with Crippen LogP contribution in [0.3, 0.4) is 0 Å². The molecule has 0 bridgehead atoms. The van der Waals surface area contributed by atoms with E-state index in [1.807, 2.05) is 0 Å². The lowest BCUT2D eigenvalue weighted by Crippen LogP contribution is -2.45. The Hall–Kier alpha value is -1.25. The predicted octanol–water partition coefficient (Wildman–Crippen LogP) is 2.93. The summed E-state index contributed by atoms with van der Waals surface area (Å²) < 4.78 is 32.3. The molecule has 0 saturated carbocycles. The third kappa shape index (κ3) is 3.02. The molecule has 1 saturated heterocycles. The minimum atomic E-state index is -0.940. The van der Waals surface area contributed by atoms with E-state index in [-0.39, 0.29) is 15.1 Å². The Kier molecular flexibility index (Phi) is 4.80.